The molecule has 0 unspecified atom stereocenters. The van der Waals surface area contributed by atoms with Crippen LogP contribution >= 0.6 is 22.7 Å². The van der Waals surface area contributed by atoms with Crippen LogP contribution < -0.4 is 9.48 Å². The largest absolute Gasteiger partial charge is 0.352 e. The lowest BCUT2D eigenvalue weighted by Crippen LogP contribution is -2.01. The summed E-state index contributed by atoms with van der Waals surface area (Å²) in [6, 6.07) is 31.2. The molecule has 8 aromatic rings. The number of fused-ring (bicyclic) bond motifs is 4. The average molecular weight is 569 g/mol. The molecule has 0 atom stereocenters. The zero-order chi connectivity index (χ0) is 27.5. The normalized spacial score (nSPS) is 11.7. The molecule has 0 fully saturated rings. The number of rotatable bonds is 4. The van der Waals surface area contributed by atoms with Gasteiger partial charge >= 0.3 is 0 Å². The minimum atomic E-state index is -0.0203. The Morgan fingerprint density at radius 1 is 0.512 bits per heavy atom. The first-order valence-corrected chi connectivity index (χ1v) is 14.8. The Kier molecular flexibility index (Phi) is 5.44. The fourth-order valence-corrected chi connectivity index (χ4v) is 7.32. The predicted molar refractivity (Wildman–Crippen MR) is 169 cm³/mol. The van der Waals surface area contributed by atoms with E-state index >= 15 is 0 Å². The van der Waals surface area contributed by atoms with Crippen LogP contribution in [0.15, 0.2) is 107 Å². The van der Waals surface area contributed by atoms with Gasteiger partial charge in [0.25, 0.3) is 0 Å². The zero-order valence-electron chi connectivity index (χ0n) is 21.5. The molecule has 0 aliphatic carbocycles. The van der Waals surface area contributed by atoms with Gasteiger partial charge in [-0.1, -0.05) is 83.3 Å². The Bertz CT molecular complexity index is 2250. The fourth-order valence-electron chi connectivity index (χ4n) is 5.56. The summed E-state index contributed by atoms with van der Waals surface area (Å²) in [5.41, 5.74) is 7.03. The number of nitrogens with one attached hydrogen (secondary N) is 2. The number of H-pyrrole nitrogens is 2. The topological polar surface area (TPSA) is 91.5 Å². The van der Waals surface area contributed by atoms with Crippen LogP contribution in [0, 0.1) is 0 Å². The molecule has 0 aliphatic heterocycles. The van der Waals surface area contributed by atoms with Crippen LogP contribution in [0.5, 0.6) is 0 Å². The SMILES string of the molecule is O=c1sc(-c2[nH]c3ccccc3c2Cc2c(-c3nc4ccccc4c(=O)s3)[nH]c3ccccc23)nc2ccccc12. The monoisotopic (exact) mass is 568 g/mol. The van der Waals surface area contributed by atoms with Gasteiger partial charge in [0, 0.05) is 28.2 Å². The lowest BCUT2D eigenvalue weighted by molar-refractivity contribution is 1.21. The van der Waals surface area contributed by atoms with Crippen molar-refractivity contribution in [2.75, 3.05) is 0 Å². The van der Waals surface area contributed by atoms with E-state index < -0.39 is 0 Å². The summed E-state index contributed by atoms with van der Waals surface area (Å²) in [6.07, 6.45) is 0.545. The average Bonchev–Trinajstić information content (AvgIpc) is 3.56. The third-order valence-corrected chi connectivity index (χ3v) is 9.27. The van der Waals surface area contributed by atoms with E-state index in [0.717, 1.165) is 67.0 Å². The van der Waals surface area contributed by atoms with E-state index in [-0.39, 0.29) is 9.48 Å². The Balaban J connectivity index is 1.38. The highest BCUT2D eigenvalue weighted by molar-refractivity contribution is 7.13. The van der Waals surface area contributed by atoms with Gasteiger partial charge in [-0.15, -0.1) is 0 Å². The number of hydrogen-bond donors (Lipinski definition) is 2. The van der Waals surface area contributed by atoms with Crippen molar-refractivity contribution in [2.45, 2.75) is 6.42 Å². The van der Waals surface area contributed by atoms with Crippen molar-refractivity contribution in [3.05, 3.63) is 127 Å². The molecule has 41 heavy (non-hydrogen) atoms. The summed E-state index contributed by atoms with van der Waals surface area (Å²) >= 11 is 2.30. The van der Waals surface area contributed by atoms with Crippen LogP contribution in [0.25, 0.3) is 65.0 Å². The second kappa shape index (κ2) is 9.33. The molecule has 0 bridgehead atoms. The Hall–Kier alpha value is -4.92. The van der Waals surface area contributed by atoms with E-state index in [0.29, 0.717) is 38.2 Å². The molecule has 0 radical (unpaired) electrons. The highest BCUT2D eigenvalue weighted by Crippen LogP contribution is 2.38. The third-order valence-electron chi connectivity index (χ3n) is 7.48. The van der Waals surface area contributed by atoms with Crippen molar-refractivity contribution in [3.8, 4) is 21.4 Å². The lowest BCUT2D eigenvalue weighted by atomic mass is 9.99. The number of para-hydroxylation sites is 4. The number of hydrogen-bond acceptors (Lipinski definition) is 6. The summed E-state index contributed by atoms with van der Waals surface area (Å²) in [4.78, 5) is 43.1. The first-order valence-electron chi connectivity index (χ1n) is 13.1. The molecule has 6 nitrogen and oxygen atoms in total. The van der Waals surface area contributed by atoms with Crippen molar-refractivity contribution >= 4 is 66.3 Å². The van der Waals surface area contributed by atoms with Crippen LogP contribution in [0.2, 0.25) is 0 Å². The summed E-state index contributed by atoms with van der Waals surface area (Å²) in [7, 11) is 0. The van der Waals surface area contributed by atoms with Gasteiger partial charge in [0.15, 0.2) is 0 Å². The molecule has 4 aromatic heterocycles. The smallest absolute Gasteiger partial charge is 0.243 e. The van der Waals surface area contributed by atoms with E-state index in [1.165, 1.54) is 0 Å². The number of benzene rings is 4. The van der Waals surface area contributed by atoms with Gasteiger partial charge in [-0.2, -0.15) is 0 Å². The Morgan fingerprint density at radius 3 is 1.37 bits per heavy atom. The summed E-state index contributed by atoms with van der Waals surface area (Å²) in [5, 5.41) is 4.66. The standard InChI is InChI=1S/C33H20N4O2S2/c38-32-20-11-3-7-15-26(20)36-30(40-32)28-22(18-9-1-5-13-24(18)34-28)17-23-19-10-2-6-14-25(19)35-29(23)31-37-27-16-8-4-12-21(27)33(39)41-31/h1-16,34-35H,17H2. The van der Waals surface area contributed by atoms with E-state index in [2.05, 4.69) is 22.1 Å². The summed E-state index contributed by atoms with van der Waals surface area (Å²) < 4.78 is -0.0405. The minimum absolute atomic E-state index is 0.0203. The molecule has 2 N–H and O–H groups in total. The predicted octanol–water partition coefficient (Wildman–Crippen LogP) is 7.51. The molecule has 4 aromatic carbocycles. The van der Waals surface area contributed by atoms with Crippen LogP contribution in [-0.4, -0.2) is 19.9 Å². The Labute approximate surface area is 240 Å². The van der Waals surface area contributed by atoms with Crippen molar-refractivity contribution < 1.29 is 0 Å². The summed E-state index contributed by atoms with van der Waals surface area (Å²) in [6.45, 7) is 0. The van der Waals surface area contributed by atoms with Crippen molar-refractivity contribution in [2.24, 2.45) is 0 Å². The van der Waals surface area contributed by atoms with Gasteiger partial charge in [-0.3, -0.25) is 9.59 Å². The van der Waals surface area contributed by atoms with Crippen LogP contribution in [-0.2, 0) is 6.42 Å². The van der Waals surface area contributed by atoms with Crippen LogP contribution in [0.4, 0.5) is 0 Å². The maximum absolute atomic E-state index is 13.1. The number of aromatic nitrogens is 4. The second-order valence-electron chi connectivity index (χ2n) is 9.87. The molecule has 0 amide bonds. The maximum atomic E-state index is 13.1. The van der Waals surface area contributed by atoms with Gasteiger partial charge in [-0.05, 0) is 47.5 Å². The fraction of sp³-hybridized carbons (Fsp3) is 0.0303. The lowest BCUT2D eigenvalue weighted by Gasteiger charge is -2.08. The molecular formula is C33H20N4O2S2. The molecule has 0 spiro atoms. The first kappa shape index (κ1) is 23.9. The number of aromatic amines is 2. The van der Waals surface area contributed by atoms with Gasteiger partial charge in [0.1, 0.15) is 10.0 Å². The van der Waals surface area contributed by atoms with Gasteiger partial charge in [0.05, 0.1) is 33.2 Å². The Morgan fingerprint density at radius 2 is 0.902 bits per heavy atom. The van der Waals surface area contributed by atoms with Crippen molar-refractivity contribution in [1.82, 2.24) is 19.9 Å². The summed E-state index contributed by atoms with van der Waals surface area (Å²) in [5.74, 6) is 0. The highest BCUT2D eigenvalue weighted by atomic mass is 32.1. The second-order valence-corrected chi connectivity index (χ2v) is 11.8. The molecule has 196 valence electrons. The maximum Gasteiger partial charge on any atom is 0.243 e. The van der Waals surface area contributed by atoms with E-state index in [9.17, 15) is 9.59 Å². The zero-order valence-corrected chi connectivity index (χ0v) is 23.1. The van der Waals surface area contributed by atoms with Crippen LogP contribution in [0.1, 0.15) is 11.1 Å². The molecule has 0 saturated carbocycles. The highest BCUT2D eigenvalue weighted by Gasteiger charge is 2.22. The van der Waals surface area contributed by atoms with Crippen molar-refractivity contribution in [1.29, 1.82) is 0 Å². The minimum Gasteiger partial charge on any atom is -0.352 e. The molecule has 4 heterocycles. The quantitative estimate of drug-likeness (QED) is 0.230. The molecule has 8 heteroatoms. The van der Waals surface area contributed by atoms with E-state index in [1.54, 1.807) is 0 Å². The molecular weight excluding hydrogens is 549 g/mol. The van der Waals surface area contributed by atoms with Gasteiger partial charge in [-0.25, -0.2) is 9.97 Å². The van der Waals surface area contributed by atoms with Crippen LogP contribution in [0.3, 0.4) is 0 Å². The first-order chi connectivity index (χ1) is 20.1. The van der Waals surface area contributed by atoms with E-state index in [4.69, 9.17) is 9.97 Å². The van der Waals surface area contributed by atoms with Gasteiger partial charge < -0.3 is 9.97 Å². The van der Waals surface area contributed by atoms with E-state index in [1.807, 2.05) is 84.9 Å². The number of nitrogens with zero attached hydrogens (tertiary/aromatic N) is 2. The van der Waals surface area contributed by atoms with Gasteiger partial charge in [0.2, 0.25) is 9.48 Å². The third kappa shape index (κ3) is 3.91. The molecule has 8 rings (SSSR count). The van der Waals surface area contributed by atoms with Crippen molar-refractivity contribution in [3.63, 3.8) is 0 Å². The molecule has 0 aliphatic rings. The molecule has 0 saturated heterocycles.